The minimum absolute atomic E-state index is 0.392. The summed E-state index contributed by atoms with van der Waals surface area (Å²) in [6, 6.07) is 4.16. The molecule has 1 heterocycles. The molecular formula is C10H8FNO2. The van der Waals surface area contributed by atoms with E-state index in [0.717, 1.165) is 0 Å². The average Bonchev–Trinajstić information content (AvgIpc) is 2.59. The number of aromatic amines is 1. The van der Waals surface area contributed by atoms with Crippen LogP contribution in [0.2, 0.25) is 0 Å². The van der Waals surface area contributed by atoms with Crippen LogP contribution in [0.1, 0.15) is 11.7 Å². The molecule has 0 bridgehead atoms. The lowest BCUT2D eigenvalue weighted by molar-refractivity contribution is -0.115. The van der Waals surface area contributed by atoms with E-state index in [0.29, 0.717) is 22.8 Å². The van der Waals surface area contributed by atoms with Crippen molar-refractivity contribution in [3.8, 4) is 0 Å². The van der Waals surface area contributed by atoms with Gasteiger partial charge in [-0.15, -0.1) is 0 Å². The smallest absolute Gasteiger partial charge is 0.153 e. The Balaban J connectivity index is 2.66. The maximum absolute atomic E-state index is 12.9. The number of aromatic nitrogens is 1. The fourth-order valence-electron chi connectivity index (χ4n) is 1.43. The molecule has 2 aromatic rings. The summed E-state index contributed by atoms with van der Waals surface area (Å²) in [5, 5.41) is 9.83. The van der Waals surface area contributed by atoms with Crippen molar-refractivity contribution in [2.75, 3.05) is 0 Å². The second kappa shape index (κ2) is 3.23. The molecule has 0 aliphatic heterocycles. The van der Waals surface area contributed by atoms with Gasteiger partial charge in [-0.1, -0.05) is 0 Å². The molecule has 2 N–H and O–H groups in total. The third kappa shape index (κ3) is 1.29. The number of H-pyrrole nitrogens is 1. The van der Waals surface area contributed by atoms with Crippen LogP contribution in [0.5, 0.6) is 0 Å². The van der Waals surface area contributed by atoms with Gasteiger partial charge < -0.3 is 14.9 Å². The number of fused-ring (bicyclic) bond motifs is 1. The van der Waals surface area contributed by atoms with Gasteiger partial charge in [0.15, 0.2) is 6.29 Å². The number of hydrogen-bond acceptors (Lipinski definition) is 2. The molecule has 4 heteroatoms. The number of benzene rings is 1. The largest absolute Gasteiger partial charge is 0.381 e. The molecule has 3 nitrogen and oxygen atoms in total. The number of halogens is 1. The summed E-state index contributed by atoms with van der Waals surface area (Å²) < 4.78 is 12.9. The van der Waals surface area contributed by atoms with E-state index in [1.165, 1.54) is 18.3 Å². The monoisotopic (exact) mass is 193 g/mol. The van der Waals surface area contributed by atoms with E-state index in [1.807, 2.05) is 0 Å². The van der Waals surface area contributed by atoms with E-state index in [9.17, 15) is 14.3 Å². The molecule has 1 aromatic heterocycles. The molecule has 0 saturated carbocycles. The van der Waals surface area contributed by atoms with Crippen molar-refractivity contribution in [3.05, 3.63) is 35.8 Å². The number of nitrogens with one attached hydrogen (secondary N) is 1. The van der Waals surface area contributed by atoms with Gasteiger partial charge in [0.05, 0.1) is 0 Å². The van der Waals surface area contributed by atoms with Crippen LogP contribution in [0.25, 0.3) is 10.9 Å². The number of aliphatic hydroxyl groups excluding tert-OH is 1. The minimum atomic E-state index is -1.20. The molecule has 1 atom stereocenters. The zero-order valence-electron chi connectivity index (χ0n) is 7.20. The van der Waals surface area contributed by atoms with Gasteiger partial charge in [0.25, 0.3) is 0 Å². The fraction of sp³-hybridized carbons (Fsp3) is 0.100. The maximum Gasteiger partial charge on any atom is 0.153 e. The van der Waals surface area contributed by atoms with Gasteiger partial charge in [0, 0.05) is 22.7 Å². The third-order valence-electron chi connectivity index (χ3n) is 2.12. The molecule has 0 spiro atoms. The van der Waals surface area contributed by atoms with Gasteiger partial charge in [-0.25, -0.2) is 4.39 Å². The molecule has 0 radical (unpaired) electrons. The van der Waals surface area contributed by atoms with Crippen LogP contribution in [-0.4, -0.2) is 16.4 Å². The molecule has 0 aliphatic rings. The molecule has 0 amide bonds. The Labute approximate surface area is 79.2 Å². The van der Waals surface area contributed by atoms with Crippen molar-refractivity contribution in [2.45, 2.75) is 6.10 Å². The van der Waals surface area contributed by atoms with Crippen LogP contribution in [0, 0.1) is 5.82 Å². The first-order valence-corrected chi connectivity index (χ1v) is 4.12. The average molecular weight is 193 g/mol. The number of hydrogen-bond donors (Lipinski definition) is 2. The summed E-state index contributed by atoms with van der Waals surface area (Å²) in [7, 11) is 0. The Morgan fingerprint density at radius 1 is 1.50 bits per heavy atom. The molecule has 1 unspecified atom stereocenters. The molecule has 0 aliphatic carbocycles. The molecule has 0 fully saturated rings. The van der Waals surface area contributed by atoms with Crippen LogP contribution < -0.4 is 0 Å². The lowest BCUT2D eigenvalue weighted by Gasteiger charge is -1.99. The summed E-state index contributed by atoms with van der Waals surface area (Å²) >= 11 is 0. The van der Waals surface area contributed by atoms with Gasteiger partial charge in [-0.05, 0) is 18.2 Å². The minimum Gasteiger partial charge on any atom is -0.381 e. The van der Waals surface area contributed by atoms with E-state index in [-0.39, 0.29) is 0 Å². The van der Waals surface area contributed by atoms with Crippen molar-refractivity contribution in [1.82, 2.24) is 4.98 Å². The molecule has 2 rings (SSSR count). The highest BCUT2D eigenvalue weighted by molar-refractivity contribution is 5.86. The highest BCUT2D eigenvalue weighted by Crippen LogP contribution is 2.23. The first-order valence-electron chi connectivity index (χ1n) is 4.12. The summed E-state index contributed by atoms with van der Waals surface area (Å²) in [6.07, 6.45) is 0.710. The molecule has 0 saturated heterocycles. The number of carbonyl (C=O) groups is 1. The molecular weight excluding hydrogens is 185 g/mol. The Morgan fingerprint density at radius 3 is 3.00 bits per heavy atom. The fourth-order valence-corrected chi connectivity index (χ4v) is 1.43. The van der Waals surface area contributed by atoms with Crippen molar-refractivity contribution in [3.63, 3.8) is 0 Å². The van der Waals surface area contributed by atoms with Crippen LogP contribution in [0.3, 0.4) is 0 Å². The van der Waals surface area contributed by atoms with Gasteiger partial charge in [0.1, 0.15) is 11.9 Å². The first kappa shape index (κ1) is 8.90. The van der Waals surface area contributed by atoms with Crippen LogP contribution in [0.15, 0.2) is 24.4 Å². The van der Waals surface area contributed by atoms with Gasteiger partial charge in [-0.3, -0.25) is 0 Å². The number of aliphatic hydroxyl groups is 1. The molecule has 1 aromatic carbocycles. The van der Waals surface area contributed by atoms with E-state index in [1.54, 1.807) is 6.07 Å². The summed E-state index contributed by atoms with van der Waals surface area (Å²) in [5.74, 6) is -0.392. The Bertz CT molecular complexity index is 478. The normalized spacial score (nSPS) is 13.0. The maximum atomic E-state index is 12.9. The van der Waals surface area contributed by atoms with Crippen LogP contribution in [-0.2, 0) is 4.79 Å². The quantitative estimate of drug-likeness (QED) is 0.711. The first-order chi connectivity index (χ1) is 6.72. The van der Waals surface area contributed by atoms with E-state index < -0.39 is 11.9 Å². The molecule has 14 heavy (non-hydrogen) atoms. The summed E-state index contributed by atoms with van der Waals surface area (Å²) in [6.45, 7) is 0. The number of aldehydes is 1. The lowest BCUT2D eigenvalue weighted by Crippen LogP contribution is -1.96. The van der Waals surface area contributed by atoms with E-state index in [4.69, 9.17) is 0 Å². The summed E-state index contributed by atoms with van der Waals surface area (Å²) in [4.78, 5) is 13.2. The third-order valence-corrected chi connectivity index (χ3v) is 2.12. The predicted molar refractivity (Wildman–Crippen MR) is 49.3 cm³/mol. The van der Waals surface area contributed by atoms with Crippen molar-refractivity contribution in [2.24, 2.45) is 0 Å². The van der Waals surface area contributed by atoms with Gasteiger partial charge in [0.2, 0.25) is 0 Å². The van der Waals surface area contributed by atoms with Crippen LogP contribution in [0.4, 0.5) is 4.39 Å². The van der Waals surface area contributed by atoms with Gasteiger partial charge in [-0.2, -0.15) is 0 Å². The Morgan fingerprint density at radius 2 is 2.29 bits per heavy atom. The Hall–Kier alpha value is -1.68. The van der Waals surface area contributed by atoms with Crippen molar-refractivity contribution >= 4 is 17.2 Å². The SMILES string of the molecule is O=CC(O)c1c[nH]c2ccc(F)cc12. The highest BCUT2D eigenvalue weighted by atomic mass is 19.1. The Kier molecular flexibility index (Phi) is 2.05. The zero-order chi connectivity index (χ0) is 10.1. The van der Waals surface area contributed by atoms with E-state index in [2.05, 4.69) is 4.98 Å². The standard InChI is InChI=1S/C10H8FNO2/c11-6-1-2-9-7(3-6)8(4-12-9)10(14)5-13/h1-5,10,12,14H. The lowest BCUT2D eigenvalue weighted by atomic mass is 10.1. The summed E-state index contributed by atoms with van der Waals surface area (Å²) in [5.41, 5.74) is 1.09. The van der Waals surface area contributed by atoms with Gasteiger partial charge >= 0.3 is 0 Å². The molecule has 72 valence electrons. The second-order valence-electron chi connectivity index (χ2n) is 3.01. The number of rotatable bonds is 2. The second-order valence-corrected chi connectivity index (χ2v) is 3.01. The van der Waals surface area contributed by atoms with E-state index >= 15 is 0 Å². The number of carbonyl (C=O) groups excluding carboxylic acids is 1. The topological polar surface area (TPSA) is 53.1 Å². The van der Waals surface area contributed by atoms with Crippen LogP contribution >= 0.6 is 0 Å². The zero-order valence-corrected chi connectivity index (χ0v) is 7.20. The predicted octanol–water partition coefficient (Wildman–Crippen LogP) is 1.54. The van der Waals surface area contributed by atoms with Crippen molar-refractivity contribution in [1.29, 1.82) is 0 Å². The van der Waals surface area contributed by atoms with Crippen molar-refractivity contribution < 1.29 is 14.3 Å². The highest BCUT2D eigenvalue weighted by Gasteiger charge is 2.11.